The largest absolute Gasteiger partial charge is 0.507 e. The first-order valence-electron chi connectivity index (χ1n) is 9.65. The molecule has 1 heterocycles. The van der Waals surface area contributed by atoms with Crippen LogP contribution in [0.15, 0.2) is 84.4 Å². The van der Waals surface area contributed by atoms with Gasteiger partial charge < -0.3 is 5.11 Å². The highest BCUT2D eigenvalue weighted by atomic mass is 16.6. The zero-order chi connectivity index (χ0) is 23.7. The molecule has 1 saturated heterocycles. The lowest BCUT2D eigenvalue weighted by atomic mass is 9.95. The molecule has 10 nitrogen and oxygen atoms in total. The number of nitro benzene ring substituents is 2. The van der Waals surface area contributed by atoms with E-state index in [-0.39, 0.29) is 33.8 Å². The predicted octanol–water partition coefficient (Wildman–Crippen LogP) is 4.13. The second-order valence-corrected chi connectivity index (χ2v) is 7.16. The summed E-state index contributed by atoms with van der Waals surface area (Å²) < 4.78 is 0. The van der Waals surface area contributed by atoms with Crippen molar-refractivity contribution in [1.82, 2.24) is 0 Å². The van der Waals surface area contributed by atoms with Gasteiger partial charge in [0.25, 0.3) is 23.1 Å². The Bertz CT molecular complexity index is 1330. The topological polar surface area (TPSA) is 144 Å². The highest BCUT2D eigenvalue weighted by Crippen LogP contribution is 2.43. The number of anilines is 1. The lowest BCUT2D eigenvalue weighted by molar-refractivity contribution is -0.385. The second kappa shape index (κ2) is 8.35. The minimum atomic E-state index is -1.24. The van der Waals surface area contributed by atoms with E-state index in [0.717, 1.165) is 11.0 Å². The number of hydrogen-bond donors (Lipinski definition) is 1. The summed E-state index contributed by atoms with van der Waals surface area (Å²) in [6.07, 6.45) is 0. The Morgan fingerprint density at radius 2 is 1.42 bits per heavy atom. The molecule has 0 spiro atoms. The molecule has 4 rings (SSSR count). The third kappa shape index (κ3) is 3.81. The maximum Gasteiger partial charge on any atom is 0.300 e. The van der Waals surface area contributed by atoms with Gasteiger partial charge in [0.2, 0.25) is 0 Å². The van der Waals surface area contributed by atoms with Gasteiger partial charge in [0, 0.05) is 29.8 Å². The number of Topliss-reactive ketones (excluding diaryl/α,β-unsaturated/α-hetero) is 1. The number of rotatable bonds is 5. The van der Waals surface area contributed by atoms with Crippen molar-refractivity contribution in [1.29, 1.82) is 0 Å². The normalized spacial score (nSPS) is 17.2. The SMILES string of the molecule is O=C1C(=O)N(c2cccc([N+](=O)[O-])c2)[C@@H](c2cccc([N+](=O)[O-])c2)C1=C(O)c1ccccc1. The van der Waals surface area contributed by atoms with Gasteiger partial charge in [-0.05, 0) is 11.6 Å². The molecule has 10 heteroatoms. The maximum atomic E-state index is 13.1. The first kappa shape index (κ1) is 21.4. The number of nitro groups is 2. The monoisotopic (exact) mass is 445 g/mol. The number of benzene rings is 3. The summed E-state index contributed by atoms with van der Waals surface area (Å²) in [5.74, 6) is -2.50. The third-order valence-corrected chi connectivity index (χ3v) is 5.21. The second-order valence-electron chi connectivity index (χ2n) is 7.16. The van der Waals surface area contributed by atoms with Gasteiger partial charge in [-0.2, -0.15) is 0 Å². The lowest BCUT2D eigenvalue weighted by Gasteiger charge is -2.25. The van der Waals surface area contributed by atoms with Gasteiger partial charge in [-0.3, -0.25) is 34.7 Å². The van der Waals surface area contributed by atoms with Gasteiger partial charge in [-0.1, -0.05) is 48.5 Å². The van der Waals surface area contributed by atoms with Gasteiger partial charge in [0.05, 0.1) is 27.1 Å². The van der Waals surface area contributed by atoms with E-state index in [9.17, 15) is 34.9 Å². The molecule has 3 aromatic rings. The van der Waals surface area contributed by atoms with E-state index < -0.39 is 33.3 Å². The van der Waals surface area contributed by atoms with Crippen LogP contribution >= 0.6 is 0 Å². The van der Waals surface area contributed by atoms with Crippen molar-refractivity contribution in [3.05, 3.63) is 116 Å². The average molecular weight is 445 g/mol. The van der Waals surface area contributed by atoms with E-state index in [0.29, 0.717) is 0 Å². The zero-order valence-corrected chi connectivity index (χ0v) is 16.8. The molecule has 1 fully saturated rings. The fraction of sp³-hybridized carbons (Fsp3) is 0.0435. The molecule has 1 N–H and O–H groups in total. The van der Waals surface area contributed by atoms with Crippen LogP contribution in [-0.2, 0) is 9.59 Å². The number of nitrogens with zero attached hydrogens (tertiary/aromatic N) is 3. The van der Waals surface area contributed by atoms with Crippen molar-refractivity contribution < 1.29 is 24.5 Å². The summed E-state index contributed by atoms with van der Waals surface area (Å²) in [7, 11) is 0. The Morgan fingerprint density at radius 1 is 0.818 bits per heavy atom. The molecule has 1 atom stereocenters. The molecule has 1 amide bonds. The number of amides is 1. The maximum absolute atomic E-state index is 13.1. The van der Waals surface area contributed by atoms with Crippen molar-refractivity contribution in [2.75, 3.05) is 4.90 Å². The quantitative estimate of drug-likeness (QED) is 0.204. The van der Waals surface area contributed by atoms with Crippen LogP contribution in [-0.4, -0.2) is 26.6 Å². The summed E-state index contributed by atoms with van der Waals surface area (Å²) in [5, 5.41) is 33.5. The number of aliphatic hydroxyl groups is 1. The molecule has 1 aliphatic heterocycles. The van der Waals surface area contributed by atoms with Crippen LogP contribution in [0, 0.1) is 20.2 Å². The highest BCUT2D eigenvalue weighted by molar-refractivity contribution is 6.51. The Kier molecular flexibility index (Phi) is 5.41. The van der Waals surface area contributed by atoms with Crippen molar-refractivity contribution in [2.24, 2.45) is 0 Å². The van der Waals surface area contributed by atoms with Gasteiger partial charge in [0.15, 0.2) is 0 Å². The first-order chi connectivity index (χ1) is 15.8. The number of carbonyl (C=O) groups excluding carboxylic acids is 2. The van der Waals surface area contributed by atoms with E-state index in [1.165, 1.54) is 42.5 Å². The number of non-ortho nitro benzene ring substituents is 2. The van der Waals surface area contributed by atoms with Crippen LogP contribution in [0.1, 0.15) is 17.2 Å². The molecule has 0 unspecified atom stereocenters. The molecule has 1 aliphatic rings. The molecule has 0 bridgehead atoms. The smallest absolute Gasteiger partial charge is 0.300 e. The van der Waals surface area contributed by atoms with E-state index in [1.54, 1.807) is 30.3 Å². The van der Waals surface area contributed by atoms with E-state index >= 15 is 0 Å². The molecule has 33 heavy (non-hydrogen) atoms. The van der Waals surface area contributed by atoms with Crippen molar-refractivity contribution in [2.45, 2.75) is 6.04 Å². The Balaban J connectivity index is 1.98. The number of aliphatic hydroxyl groups excluding tert-OH is 1. The van der Waals surface area contributed by atoms with Crippen molar-refractivity contribution in [3.63, 3.8) is 0 Å². The summed E-state index contributed by atoms with van der Waals surface area (Å²) in [6.45, 7) is 0. The molecular formula is C23H15N3O7. The standard InChI is InChI=1S/C23H15N3O7/c27-21(14-6-2-1-3-7-14)19-20(15-8-4-10-17(12-15)25(30)31)24(23(29)22(19)28)16-9-5-11-18(13-16)26(32)33/h1-13,20,27H/t20-/m0/s1. The summed E-state index contributed by atoms with van der Waals surface area (Å²) in [4.78, 5) is 48.4. The summed E-state index contributed by atoms with van der Waals surface area (Å²) >= 11 is 0. The molecule has 0 saturated carbocycles. The molecule has 0 aliphatic carbocycles. The van der Waals surface area contributed by atoms with Crippen molar-refractivity contribution >= 4 is 34.5 Å². The molecule has 0 aromatic heterocycles. The fourth-order valence-electron chi connectivity index (χ4n) is 3.73. The average Bonchev–Trinajstić information content (AvgIpc) is 3.09. The minimum Gasteiger partial charge on any atom is -0.507 e. The van der Waals surface area contributed by atoms with E-state index in [1.807, 2.05) is 0 Å². The van der Waals surface area contributed by atoms with Crippen molar-refractivity contribution in [3.8, 4) is 0 Å². The molecule has 164 valence electrons. The Labute approximate surface area is 186 Å². The fourth-order valence-corrected chi connectivity index (χ4v) is 3.73. The lowest BCUT2D eigenvalue weighted by Crippen LogP contribution is -2.29. The number of ketones is 1. The zero-order valence-electron chi connectivity index (χ0n) is 16.8. The van der Waals surface area contributed by atoms with Crippen LogP contribution in [0.4, 0.5) is 17.1 Å². The Hall–Kier alpha value is -4.86. The first-order valence-corrected chi connectivity index (χ1v) is 9.65. The predicted molar refractivity (Wildman–Crippen MR) is 117 cm³/mol. The Morgan fingerprint density at radius 3 is 2.06 bits per heavy atom. The van der Waals surface area contributed by atoms with E-state index in [4.69, 9.17) is 0 Å². The number of carbonyl (C=O) groups is 2. The molecule has 3 aromatic carbocycles. The summed E-state index contributed by atoms with van der Waals surface area (Å²) in [5.41, 5.74) is -0.377. The molecule has 0 radical (unpaired) electrons. The highest BCUT2D eigenvalue weighted by Gasteiger charge is 2.47. The summed E-state index contributed by atoms with van der Waals surface area (Å²) in [6, 6.07) is 17.2. The van der Waals surface area contributed by atoms with Crippen LogP contribution in [0.25, 0.3) is 5.76 Å². The van der Waals surface area contributed by atoms with Gasteiger partial charge in [-0.15, -0.1) is 0 Å². The van der Waals surface area contributed by atoms with Gasteiger partial charge in [-0.25, -0.2) is 0 Å². The van der Waals surface area contributed by atoms with Crippen LogP contribution in [0.2, 0.25) is 0 Å². The van der Waals surface area contributed by atoms with Crippen LogP contribution in [0.3, 0.4) is 0 Å². The van der Waals surface area contributed by atoms with Crippen LogP contribution < -0.4 is 4.90 Å². The molecular weight excluding hydrogens is 430 g/mol. The third-order valence-electron chi connectivity index (χ3n) is 5.21. The minimum absolute atomic E-state index is 0.0370. The van der Waals surface area contributed by atoms with Gasteiger partial charge in [0.1, 0.15) is 5.76 Å². The van der Waals surface area contributed by atoms with E-state index in [2.05, 4.69) is 0 Å². The van der Waals surface area contributed by atoms with Crippen LogP contribution in [0.5, 0.6) is 0 Å². The van der Waals surface area contributed by atoms with Gasteiger partial charge >= 0.3 is 0 Å². The number of hydrogen-bond acceptors (Lipinski definition) is 7.